The highest BCUT2D eigenvalue weighted by Gasteiger charge is 2.58. The van der Waals surface area contributed by atoms with Crippen molar-refractivity contribution in [2.45, 2.75) is 63.5 Å². The molecule has 2 fully saturated rings. The lowest BCUT2D eigenvalue weighted by molar-refractivity contribution is -0.143. The molecule has 3 aliphatic rings. The molecule has 350 valence electrons. The lowest BCUT2D eigenvalue weighted by atomic mass is 9.69. The van der Waals surface area contributed by atoms with E-state index in [2.05, 4.69) is 25.8 Å². The van der Waals surface area contributed by atoms with Gasteiger partial charge in [-0.2, -0.15) is 26.3 Å². The summed E-state index contributed by atoms with van der Waals surface area (Å²) in [6, 6.07) is 29.7. The zero-order valence-corrected chi connectivity index (χ0v) is 40.1. The van der Waals surface area contributed by atoms with Crippen LogP contribution in [0.15, 0.2) is 127 Å². The fourth-order valence-electron chi connectivity index (χ4n) is 10.0. The third-order valence-corrected chi connectivity index (χ3v) is 18.8. The number of phenols is 1. The van der Waals surface area contributed by atoms with Crippen LogP contribution in [0.3, 0.4) is 0 Å². The first kappa shape index (κ1) is 48.2. The number of phenolic OH excluding ortho intramolecular Hbond substituents is 1. The summed E-state index contributed by atoms with van der Waals surface area (Å²) in [4.78, 5) is 34.3. The topological polar surface area (TPSA) is 98.2 Å². The van der Waals surface area contributed by atoms with E-state index in [0.29, 0.717) is 44.7 Å². The van der Waals surface area contributed by atoms with E-state index in [1.54, 1.807) is 18.3 Å². The first-order valence-corrected chi connectivity index (χ1v) is 24.7. The average Bonchev–Trinajstić information content (AvgIpc) is 3.83. The number of amides is 2. The van der Waals surface area contributed by atoms with Crippen LogP contribution in [0.2, 0.25) is 5.04 Å². The van der Waals surface area contributed by atoms with Crippen molar-refractivity contribution < 1.29 is 54.9 Å². The van der Waals surface area contributed by atoms with E-state index >= 15 is 0 Å². The van der Waals surface area contributed by atoms with E-state index in [-0.39, 0.29) is 37.2 Å². The fraction of sp³-hybridized carbons (Fsp3) is 0.314. The molecule has 8 rings (SSSR count). The molecule has 67 heavy (non-hydrogen) atoms. The van der Waals surface area contributed by atoms with E-state index in [1.165, 1.54) is 7.11 Å². The second-order valence-corrected chi connectivity index (χ2v) is 23.5. The molecule has 2 aliphatic heterocycles. The maximum atomic E-state index is 14.6. The van der Waals surface area contributed by atoms with Crippen LogP contribution in [0.25, 0.3) is 11.6 Å². The van der Waals surface area contributed by atoms with Gasteiger partial charge in [0, 0.05) is 12.1 Å². The molecule has 2 saturated heterocycles. The van der Waals surface area contributed by atoms with Gasteiger partial charge in [0.1, 0.15) is 0 Å². The normalized spacial score (nSPS) is 20.3. The zero-order chi connectivity index (χ0) is 48.1. The molecular weight excluding hydrogens is 1010 g/mol. The molecule has 1 N–H and O–H groups in total. The maximum Gasteiger partial charge on any atom is 0.416 e. The van der Waals surface area contributed by atoms with Gasteiger partial charge in [0.05, 0.1) is 64.3 Å². The Morgan fingerprint density at radius 3 is 2.01 bits per heavy atom. The second-order valence-electron chi connectivity index (χ2n) is 18.0. The van der Waals surface area contributed by atoms with Crippen molar-refractivity contribution in [1.82, 2.24) is 4.98 Å². The lowest BCUT2D eigenvalue weighted by Gasteiger charge is -2.44. The number of rotatable bonds is 12. The number of nitrogens with zero attached hydrogens (tertiary/aromatic N) is 2. The van der Waals surface area contributed by atoms with E-state index in [4.69, 9.17) is 13.9 Å². The lowest BCUT2D eigenvalue weighted by Crippen LogP contribution is -2.66. The van der Waals surface area contributed by atoms with Crippen LogP contribution in [0.1, 0.15) is 62.4 Å². The van der Waals surface area contributed by atoms with Gasteiger partial charge in [-0.3, -0.25) is 14.6 Å². The minimum atomic E-state index is -5.20. The number of carbonyl (C=O) groups is 2. The van der Waals surface area contributed by atoms with Crippen LogP contribution in [-0.4, -0.2) is 56.6 Å². The van der Waals surface area contributed by atoms with E-state index in [1.807, 2.05) is 108 Å². The molecule has 8 nitrogen and oxygen atoms in total. The van der Waals surface area contributed by atoms with Gasteiger partial charge in [-0.25, -0.2) is 4.90 Å². The van der Waals surface area contributed by atoms with Crippen LogP contribution < -0.4 is 20.0 Å². The number of fused-ring (bicyclic) bond motifs is 3. The number of halogens is 7. The third kappa shape index (κ3) is 9.33. The van der Waals surface area contributed by atoms with Crippen molar-refractivity contribution in [3.8, 4) is 11.5 Å². The predicted octanol–water partition coefficient (Wildman–Crippen LogP) is 10.9. The van der Waals surface area contributed by atoms with Gasteiger partial charge < -0.3 is 19.0 Å². The summed E-state index contributed by atoms with van der Waals surface area (Å²) in [6.45, 7) is 6.35. The molecular formula is C51H47F6IN2O6Si. The summed E-state index contributed by atoms with van der Waals surface area (Å²) in [5, 5.41) is 12.1. The Balaban J connectivity index is 1.22. The van der Waals surface area contributed by atoms with Gasteiger partial charge in [-0.15, -0.1) is 0 Å². The number of carbonyl (C=O) groups excluding carboxylic acids is 2. The molecule has 4 aromatic carbocycles. The van der Waals surface area contributed by atoms with Gasteiger partial charge in [0.15, 0.2) is 11.5 Å². The number of aromatic hydroxyl groups is 1. The van der Waals surface area contributed by atoms with Crippen LogP contribution >= 0.6 is 22.6 Å². The first-order valence-electron chi connectivity index (χ1n) is 21.7. The van der Waals surface area contributed by atoms with Gasteiger partial charge in [-0.1, -0.05) is 87.5 Å². The number of ether oxygens (including phenoxy) is 2. The highest BCUT2D eigenvalue weighted by Crippen LogP contribution is 2.52. The van der Waals surface area contributed by atoms with Crippen LogP contribution in [-0.2, 0) is 31.1 Å². The molecule has 0 saturated carbocycles. The maximum absolute atomic E-state index is 14.6. The Morgan fingerprint density at radius 2 is 1.46 bits per heavy atom. The van der Waals surface area contributed by atoms with Crippen LogP contribution in [0.4, 0.5) is 32.0 Å². The van der Waals surface area contributed by atoms with Crippen molar-refractivity contribution in [3.05, 3.63) is 152 Å². The van der Waals surface area contributed by atoms with Crippen molar-refractivity contribution >= 4 is 70.4 Å². The Labute approximate surface area is 398 Å². The Hall–Kier alpha value is -5.30. The summed E-state index contributed by atoms with van der Waals surface area (Å²) in [7, 11) is -1.75. The number of pyridine rings is 1. The monoisotopic (exact) mass is 1050 g/mol. The molecule has 0 spiro atoms. The quantitative estimate of drug-likeness (QED) is 0.0437. The number of allylic oxidation sites excluding steroid dienone is 1. The molecule has 0 bridgehead atoms. The van der Waals surface area contributed by atoms with Crippen molar-refractivity contribution in [2.24, 2.45) is 17.8 Å². The minimum Gasteiger partial charge on any atom is -0.504 e. The van der Waals surface area contributed by atoms with Crippen molar-refractivity contribution in [3.63, 3.8) is 0 Å². The third-order valence-electron chi connectivity index (χ3n) is 13.0. The summed E-state index contributed by atoms with van der Waals surface area (Å²) in [5.74, 6) is -4.43. The zero-order valence-electron chi connectivity index (χ0n) is 36.9. The smallest absolute Gasteiger partial charge is 0.416 e. The van der Waals surface area contributed by atoms with Crippen LogP contribution in [0, 0.1) is 21.3 Å². The molecule has 0 radical (unpaired) electrons. The Morgan fingerprint density at radius 1 is 0.851 bits per heavy atom. The molecule has 5 aromatic rings. The Bertz CT molecular complexity index is 2650. The highest BCUT2D eigenvalue weighted by molar-refractivity contribution is 14.1. The summed E-state index contributed by atoms with van der Waals surface area (Å²) in [5.41, 5.74) is -0.381. The summed E-state index contributed by atoms with van der Waals surface area (Å²) in [6.07, 6.45) is -6.66. The minimum absolute atomic E-state index is 0.00717. The number of anilines is 1. The fourth-order valence-corrected chi connectivity index (χ4v) is 15.2. The van der Waals surface area contributed by atoms with E-state index in [9.17, 15) is 41.0 Å². The number of aromatic nitrogens is 1. The highest BCUT2D eigenvalue weighted by atomic mass is 127. The van der Waals surface area contributed by atoms with E-state index in [0.717, 1.165) is 27.1 Å². The molecule has 1 aromatic heterocycles. The molecule has 2 amide bonds. The standard InChI is InChI=1S/C51H47F6IN2O6Si/c1-49(2,3)67(36-13-7-5-8-14-36,37-15-9-6-10-16-37)66-28-32-24-38-45(48(63)60(47(38)62)35-26-33(50(52,53)54)25-34(27-35)51(55,56)57)39-29-65-42(44(32)39)19-18-31(41-17-11-12-20-59-41)21-30-22-40(58)46(61)43(23-30)64-4/h5-17,20-23,25-27,38-39,42,45,61H,18-19,24,28-29H2,1-4H3/b31-21-/t38-,39+,42-,45-/m1/s1. The molecule has 16 heteroatoms. The van der Waals surface area contributed by atoms with Crippen molar-refractivity contribution in [2.75, 3.05) is 25.2 Å². The van der Waals surface area contributed by atoms with Crippen LogP contribution in [0.5, 0.6) is 11.5 Å². The number of methoxy groups -OCH3 is 1. The number of hydrogen-bond donors (Lipinski definition) is 1. The van der Waals surface area contributed by atoms with Gasteiger partial charge >= 0.3 is 12.4 Å². The largest absolute Gasteiger partial charge is 0.504 e. The van der Waals surface area contributed by atoms with Crippen molar-refractivity contribution in [1.29, 1.82) is 0 Å². The predicted molar refractivity (Wildman–Crippen MR) is 253 cm³/mol. The number of alkyl halides is 6. The number of benzene rings is 4. The van der Waals surface area contributed by atoms with E-state index < -0.39 is 78.2 Å². The average molecular weight is 1050 g/mol. The number of imide groups is 1. The molecule has 1 aliphatic carbocycles. The molecule has 0 unspecified atom stereocenters. The molecule has 3 heterocycles. The SMILES string of the molecule is COc1cc(/C=C(/CC[C@H]2OC[C@H]3C2=C(CO[Si](c2ccccc2)(c2ccccc2)C(C)(C)C)C[C@H]2C(=O)N(c4cc(C(F)(F)F)cc(C(F)(F)F)c4)C(=O)[C@H]23)c2ccccn2)cc(I)c1O. The summed E-state index contributed by atoms with van der Waals surface area (Å²) >= 11 is 2.03. The Kier molecular flexibility index (Phi) is 13.4. The molecule has 4 atom stereocenters. The number of hydrogen-bond acceptors (Lipinski definition) is 7. The summed E-state index contributed by atoms with van der Waals surface area (Å²) < 4.78 is 105. The van der Waals surface area contributed by atoms with Gasteiger partial charge in [0.2, 0.25) is 11.8 Å². The second kappa shape index (κ2) is 18.6. The van der Waals surface area contributed by atoms with Gasteiger partial charge in [0.25, 0.3) is 8.32 Å². The first-order chi connectivity index (χ1) is 31.7. The van der Waals surface area contributed by atoms with Gasteiger partial charge in [-0.05, 0) is 128 Å².